The Morgan fingerprint density at radius 3 is 2.72 bits per heavy atom. The van der Waals surface area contributed by atoms with Crippen molar-refractivity contribution in [3.63, 3.8) is 0 Å². The lowest BCUT2D eigenvalue weighted by atomic mass is 9.90. The zero-order chi connectivity index (χ0) is 12.8. The summed E-state index contributed by atoms with van der Waals surface area (Å²) < 4.78 is 19.1. The molecule has 3 heteroatoms. The Labute approximate surface area is 107 Å². The third kappa shape index (κ3) is 3.64. The number of rotatable bonds is 5. The number of carbonyl (C=O) groups excluding carboxylic acids is 1. The van der Waals surface area contributed by atoms with Gasteiger partial charge in [0.2, 0.25) is 0 Å². The summed E-state index contributed by atoms with van der Waals surface area (Å²) in [5.74, 6) is 0.277. The first kappa shape index (κ1) is 13.2. The van der Waals surface area contributed by atoms with Crippen LogP contribution in [0.15, 0.2) is 18.2 Å². The van der Waals surface area contributed by atoms with Gasteiger partial charge in [-0.3, -0.25) is 4.79 Å². The highest BCUT2D eigenvalue weighted by molar-refractivity contribution is 5.74. The van der Waals surface area contributed by atoms with E-state index in [1.54, 1.807) is 12.1 Å². The number of carbonyl (C=O) groups is 1. The number of ether oxygens (including phenoxy) is 1. The largest absolute Gasteiger partial charge is 0.376 e. The van der Waals surface area contributed by atoms with E-state index in [4.69, 9.17) is 4.74 Å². The molecule has 0 aliphatic heterocycles. The molecule has 1 aliphatic carbocycles. The maximum absolute atomic E-state index is 13.6. The molecule has 0 heterocycles. The highest BCUT2D eigenvalue weighted by atomic mass is 19.1. The Kier molecular flexibility index (Phi) is 4.88. The summed E-state index contributed by atoms with van der Waals surface area (Å²) in [7, 11) is 0. The standard InChI is InChI=1S/C15H19FO2/c16-15-8-13(9-17)6-7-14(15)11-18-10-12-4-2-1-3-5-12/h6-9,12H,1-5,10-11H2. The van der Waals surface area contributed by atoms with Gasteiger partial charge in [0.15, 0.2) is 0 Å². The molecule has 1 aliphatic rings. The molecule has 0 radical (unpaired) electrons. The summed E-state index contributed by atoms with van der Waals surface area (Å²) in [6.07, 6.45) is 7.01. The summed E-state index contributed by atoms with van der Waals surface area (Å²) in [5.41, 5.74) is 0.889. The molecular weight excluding hydrogens is 231 g/mol. The van der Waals surface area contributed by atoms with Crippen LogP contribution in [0.2, 0.25) is 0 Å². The van der Waals surface area contributed by atoms with Gasteiger partial charge in [0.25, 0.3) is 0 Å². The van der Waals surface area contributed by atoms with Gasteiger partial charge in [-0.1, -0.05) is 31.4 Å². The molecule has 0 aromatic heterocycles. The zero-order valence-electron chi connectivity index (χ0n) is 10.5. The highest BCUT2D eigenvalue weighted by Crippen LogP contribution is 2.24. The summed E-state index contributed by atoms with van der Waals surface area (Å²) in [6, 6.07) is 4.50. The van der Waals surface area contributed by atoms with Crippen molar-refractivity contribution < 1.29 is 13.9 Å². The fraction of sp³-hybridized carbons (Fsp3) is 0.533. The Morgan fingerprint density at radius 2 is 2.06 bits per heavy atom. The van der Waals surface area contributed by atoms with E-state index < -0.39 is 0 Å². The number of halogens is 1. The van der Waals surface area contributed by atoms with Gasteiger partial charge in [-0.2, -0.15) is 0 Å². The van der Waals surface area contributed by atoms with Crippen LogP contribution in [0.25, 0.3) is 0 Å². The van der Waals surface area contributed by atoms with Crippen LogP contribution in [0.5, 0.6) is 0 Å². The molecule has 0 bridgehead atoms. The molecule has 98 valence electrons. The third-order valence-electron chi connectivity index (χ3n) is 3.55. The van der Waals surface area contributed by atoms with Crippen LogP contribution in [0.1, 0.15) is 48.0 Å². The Morgan fingerprint density at radius 1 is 1.28 bits per heavy atom. The number of benzene rings is 1. The van der Waals surface area contributed by atoms with Crippen molar-refractivity contribution in [2.75, 3.05) is 6.61 Å². The summed E-state index contributed by atoms with van der Waals surface area (Å²) in [4.78, 5) is 10.5. The predicted molar refractivity (Wildman–Crippen MR) is 68.0 cm³/mol. The van der Waals surface area contributed by atoms with Crippen molar-refractivity contribution in [2.45, 2.75) is 38.7 Å². The number of hydrogen-bond donors (Lipinski definition) is 0. The lowest BCUT2D eigenvalue weighted by Gasteiger charge is -2.21. The topological polar surface area (TPSA) is 26.3 Å². The minimum Gasteiger partial charge on any atom is -0.376 e. The van der Waals surface area contributed by atoms with Gasteiger partial charge in [-0.05, 0) is 24.8 Å². The first-order valence-corrected chi connectivity index (χ1v) is 6.61. The van der Waals surface area contributed by atoms with Gasteiger partial charge in [0.1, 0.15) is 12.1 Å². The molecule has 1 aromatic carbocycles. The molecule has 0 spiro atoms. The molecular formula is C15H19FO2. The van der Waals surface area contributed by atoms with Gasteiger partial charge in [-0.25, -0.2) is 4.39 Å². The minimum atomic E-state index is -0.358. The second kappa shape index (κ2) is 6.64. The molecule has 0 unspecified atom stereocenters. The van der Waals surface area contributed by atoms with E-state index in [1.165, 1.54) is 38.2 Å². The van der Waals surface area contributed by atoms with Crippen molar-refractivity contribution in [2.24, 2.45) is 5.92 Å². The second-order valence-electron chi connectivity index (χ2n) is 4.99. The summed E-state index contributed by atoms with van der Waals surface area (Å²) in [5, 5.41) is 0. The summed E-state index contributed by atoms with van der Waals surface area (Å²) >= 11 is 0. The van der Waals surface area contributed by atoms with Crippen molar-refractivity contribution in [1.29, 1.82) is 0 Å². The molecule has 2 nitrogen and oxygen atoms in total. The van der Waals surface area contributed by atoms with Crippen LogP contribution < -0.4 is 0 Å². The minimum absolute atomic E-state index is 0.293. The molecule has 2 rings (SSSR count). The Hall–Kier alpha value is -1.22. The van der Waals surface area contributed by atoms with Gasteiger partial charge >= 0.3 is 0 Å². The lowest BCUT2D eigenvalue weighted by Crippen LogP contribution is -2.13. The molecule has 0 saturated heterocycles. The Bertz CT molecular complexity index is 397. The predicted octanol–water partition coefficient (Wildman–Crippen LogP) is 3.74. The van der Waals surface area contributed by atoms with Crippen LogP contribution in [-0.4, -0.2) is 12.9 Å². The van der Waals surface area contributed by atoms with Crippen LogP contribution in [0.3, 0.4) is 0 Å². The highest BCUT2D eigenvalue weighted by Gasteiger charge is 2.13. The van der Waals surface area contributed by atoms with E-state index in [9.17, 15) is 9.18 Å². The average molecular weight is 250 g/mol. The Balaban J connectivity index is 1.80. The van der Waals surface area contributed by atoms with Crippen LogP contribution in [-0.2, 0) is 11.3 Å². The third-order valence-corrected chi connectivity index (χ3v) is 3.55. The van der Waals surface area contributed by atoms with Crippen molar-refractivity contribution in [3.8, 4) is 0 Å². The molecule has 1 aromatic rings. The molecule has 0 atom stereocenters. The van der Waals surface area contributed by atoms with Crippen molar-refractivity contribution in [3.05, 3.63) is 35.1 Å². The average Bonchev–Trinajstić information content (AvgIpc) is 2.42. The van der Waals surface area contributed by atoms with E-state index >= 15 is 0 Å². The van der Waals surface area contributed by atoms with E-state index in [-0.39, 0.29) is 5.82 Å². The van der Waals surface area contributed by atoms with E-state index in [0.717, 1.165) is 6.61 Å². The van der Waals surface area contributed by atoms with Gasteiger partial charge in [0.05, 0.1) is 6.61 Å². The lowest BCUT2D eigenvalue weighted by molar-refractivity contribution is 0.0723. The smallest absolute Gasteiger partial charge is 0.150 e. The van der Waals surface area contributed by atoms with E-state index in [1.807, 2.05) is 0 Å². The number of hydrogen-bond acceptors (Lipinski definition) is 2. The monoisotopic (exact) mass is 250 g/mol. The van der Waals surface area contributed by atoms with Crippen LogP contribution >= 0.6 is 0 Å². The van der Waals surface area contributed by atoms with E-state index in [0.29, 0.717) is 29.9 Å². The molecule has 18 heavy (non-hydrogen) atoms. The fourth-order valence-corrected chi connectivity index (χ4v) is 2.44. The molecule has 0 N–H and O–H groups in total. The van der Waals surface area contributed by atoms with Crippen LogP contribution in [0, 0.1) is 11.7 Å². The maximum atomic E-state index is 13.6. The molecule has 1 fully saturated rings. The number of aldehydes is 1. The quantitative estimate of drug-likeness (QED) is 0.744. The summed E-state index contributed by atoms with van der Waals surface area (Å²) in [6.45, 7) is 1.01. The zero-order valence-corrected chi connectivity index (χ0v) is 10.5. The van der Waals surface area contributed by atoms with Gasteiger partial charge in [0, 0.05) is 17.7 Å². The van der Waals surface area contributed by atoms with Gasteiger partial charge in [-0.15, -0.1) is 0 Å². The van der Waals surface area contributed by atoms with Crippen molar-refractivity contribution in [1.82, 2.24) is 0 Å². The van der Waals surface area contributed by atoms with Crippen molar-refractivity contribution >= 4 is 6.29 Å². The maximum Gasteiger partial charge on any atom is 0.150 e. The second-order valence-corrected chi connectivity index (χ2v) is 4.99. The van der Waals surface area contributed by atoms with E-state index in [2.05, 4.69) is 0 Å². The first-order chi connectivity index (χ1) is 8.79. The normalized spacial score (nSPS) is 16.7. The van der Waals surface area contributed by atoms with Gasteiger partial charge < -0.3 is 4.74 Å². The molecule has 0 amide bonds. The first-order valence-electron chi connectivity index (χ1n) is 6.61. The molecule has 1 saturated carbocycles. The van der Waals surface area contributed by atoms with Crippen LogP contribution in [0.4, 0.5) is 4.39 Å². The fourth-order valence-electron chi connectivity index (χ4n) is 2.44. The SMILES string of the molecule is O=Cc1ccc(COCC2CCCCC2)c(F)c1.